The van der Waals surface area contributed by atoms with Crippen molar-refractivity contribution in [2.45, 2.75) is 6.54 Å². The molecule has 0 radical (unpaired) electrons. The van der Waals surface area contributed by atoms with Gasteiger partial charge < -0.3 is 10.5 Å². The molecular weight excluding hydrogens is 198 g/mol. The van der Waals surface area contributed by atoms with E-state index < -0.39 is 0 Å². The SMILES string of the molecule is COc1cccc(CN)c1-c1ccccc1. The van der Waals surface area contributed by atoms with Crippen molar-refractivity contribution < 1.29 is 4.74 Å². The normalized spacial score (nSPS) is 10.1. The lowest BCUT2D eigenvalue weighted by Crippen LogP contribution is -2.00. The smallest absolute Gasteiger partial charge is 0.127 e. The van der Waals surface area contributed by atoms with Crippen molar-refractivity contribution in [3.05, 3.63) is 54.1 Å². The minimum Gasteiger partial charge on any atom is -0.496 e. The van der Waals surface area contributed by atoms with Gasteiger partial charge in [0.05, 0.1) is 7.11 Å². The van der Waals surface area contributed by atoms with Gasteiger partial charge in [-0.15, -0.1) is 0 Å². The first-order chi connectivity index (χ1) is 7.86. The Balaban J connectivity index is 2.62. The summed E-state index contributed by atoms with van der Waals surface area (Å²) in [5, 5.41) is 0. The highest BCUT2D eigenvalue weighted by Gasteiger charge is 2.09. The lowest BCUT2D eigenvalue weighted by Gasteiger charge is -2.12. The van der Waals surface area contributed by atoms with Crippen LogP contribution < -0.4 is 10.5 Å². The van der Waals surface area contributed by atoms with Crippen LogP contribution in [0.3, 0.4) is 0 Å². The zero-order chi connectivity index (χ0) is 11.4. The van der Waals surface area contributed by atoms with Gasteiger partial charge in [0.15, 0.2) is 0 Å². The van der Waals surface area contributed by atoms with Gasteiger partial charge in [-0.1, -0.05) is 42.5 Å². The molecule has 0 saturated carbocycles. The Morgan fingerprint density at radius 2 is 1.75 bits per heavy atom. The van der Waals surface area contributed by atoms with Crippen molar-refractivity contribution in [1.29, 1.82) is 0 Å². The summed E-state index contributed by atoms with van der Waals surface area (Å²) in [6, 6.07) is 16.1. The van der Waals surface area contributed by atoms with Crippen molar-refractivity contribution in [1.82, 2.24) is 0 Å². The first kappa shape index (κ1) is 10.7. The van der Waals surface area contributed by atoms with Gasteiger partial charge in [-0.05, 0) is 17.2 Å². The van der Waals surface area contributed by atoms with E-state index in [1.165, 1.54) is 0 Å². The summed E-state index contributed by atoms with van der Waals surface area (Å²) in [6.07, 6.45) is 0. The van der Waals surface area contributed by atoms with Gasteiger partial charge >= 0.3 is 0 Å². The van der Waals surface area contributed by atoms with E-state index in [1.807, 2.05) is 36.4 Å². The fraction of sp³-hybridized carbons (Fsp3) is 0.143. The van der Waals surface area contributed by atoms with Gasteiger partial charge in [-0.2, -0.15) is 0 Å². The number of methoxy groups -OCH3 is 1. The Morgan fingerprint density at radius 1 is 1.00 bits per heavy atom. The summed E-state index contributed by atoms with van der Waals surface area (Å²) in [7, 11) is 1.68. The molecule has 2 aromatic rings. The fourth-order valence-corrected chi connectivity index (χ4v) is 1.85. The molecule has 0 saturated heterocycles. The number of hydrogen-bond donors (Lipinski definition) is 1. The highest BCUT2D eigenvalue weighted by atomic mass is 16.5. The molecule has 0 aromatic heterocycles. The maximum Gasteiger partial charge on any atom is 0.127 e. The Kier molecular flexibility index (Phi) is 3.22. The highest BCUT2D eigenvalue weighted by molar-refractivity contribution is 5.73. The topological polar surface area (TPSA) is 35.2 Å². The van der Waals surface area contributed by atoms with Crippen LogP contribution in [-0.4, -0.2) is 7.11 Å². The molecule has 0 unspecified atom stereocenters. The third-order valence-corrected chi connectivity index (χ3v) is 2.61. The molecule has 0 atom stereocenters. The minimum atomic E-state index is 0.515. The monoisotopic (exact) mass is 213 g/mol. The van der Waals surface area contributed by atoms with Gasteiger partial charge in [0.2, 0.25) is 0 Å². The molecule has 0 bridgehead atoms. The second kappa shape index (κ2) is 4.81. The molecule has 0 aliphatic carbocycles. The van der Waals surface area contributed by atoms with E-state index in [9.17, 15) is 0 Å². The van der Waals surface area contributed by atoms with Crippen molar-refractivity contribution in [2.75, 3.05) is 7.11 Å². The van der Waals surface area contributed by atoms with Crippen molar-refractivity contribution >= 4 is 0 Å². The molecule has 2 N–H and O–H groups in total. The zero-order valence-electron chi connectivity index (χ0n) is 9.31. The first-order valence-electron chi connectivity index (χ1n) is 5.28. The van der Waals surface area contributed by atoms with Crippen molar-refractivity contribution in [3.63, 3.8) is 0 Å². The van der Waals surface area contributed by atoms with Crippen LogP contribution in [0.2, 0.25) is 0 Å². The molecule has 2 aromatic carbocycles. The molecule has 0 heterocycles. The molecule has 16 heavy (non-hydrogen) atoms. The average Bonchev–Trinajstić information content (AvgIpc) is 2.38. The number of ether oxygens (including phenoxy) is 1. The molecular formula is C14H15NO. The van der Waals surface area contributed by atoms with Crippen LogP contribution in [0.5, 0.6) is 5.75 Å². The Labute approximate surface area is 95.7 Å². The number of benzene rings is 2. The van der Waals surface area contributed by atoms with Gasteiger partial charge in [-0.25, -0.2) is 0 Å². The third-order valence-electron chi connectivity index (χ3n) is 2.61. The zero-order valence-corrected chi connectivity index (χ0v) is 9.31. The summed E-state index contributed by atoms with van der Waals surface area (Å²) in [5.74, 6) is 0.870. The summed E-state index contributed by atoms with van der Waals surface area (Å²) >= 11 is 0. The summed E-state index contributed by atoms with van der Waals surface area (Å²) < 4.78 is 5.39. The fourth-order valence-electron chi connectivity index (χ4n) is 1.85. The summed E-state index contributed by atoms with van der Waals surface area (Å²) in [4.78, 5) is 0. The van der Waals surface area contributed by atoms with Crippen LogP contribution in [-0.2, 0) is 6.54 Å². The third kappa shape index (κ3) is 1.92. The summed E-state index contributed by atoms with van der Waals surface area (Å²) in [5.41, 5.74) is 9.09. The van der Waals surface area contributed by atoms with Gasteiger partial charge in [0.1, 0.15) is 5.75 Å². The van der Waals surface area contributed by atoms with E-state index in [1.54, 1.807) is 7.11 Å². The van der Waals surface area contributed by atoms with Gasteiger partial charge in [-0.3, -0.25) is 0 Å². The summed E-state index contributed by atoms with van der Waals surface area (Å²) in [6.45, 7) is 0.515. The van der Waals surface area contributed by atoms with Crippen molar-refractivity contribution in [2.24, 2.45) is 5.73 Å². The van der Waals surface area contributed by atoms with Gasteiger partial charge in [0.25, 0.3) is 0 Å². The molecule has 2 heteroatoms. The maximum absolute atomic E-state index is 5.76. The quantitative estimate of drug-likeness (QED) is 0.850. The van der Waals surface area contributed by atoms with Crippen LogP contribution >= 0.6 is 0 Å². The highest BCUT2D eigenvalue weighted by Crippen LogP contribution is 2.32. The predicted octanol–water partition coefficient (Wildman–Crippen LogP) is 2.82. The lowest BCUT2D eigenvalue weighted by molar-refractivity contribution is 0.416. The molecule has 0 aliphatic rings. The van der Waals surface area contributed by atoms with Crippen LogP contribution in [0.15, 0.2) is 48.5 Å². The molecule has 0 spiro atoms. The average molecular weight is 213 g/mol. The van der Waals surface area contributed by atoms with Gasteiger partial charge in [0, 0.05) is 12.1 Å². The Bertz CT molecular complexity index is 443. The first-order valence-corrected chi connectivity index (χ1v) is 5.28. The van der Waals surface area contributed by atoms with E-state index in [4.69, 9.17) is 10.5 Å². The standard InChI is InChI=1S/C14H15NO/c1-16-13-9-5-8-12(10-15)14(13)11-6-3-2-4-7-11/h2-9H,10,15H2,1H3. The molecule has 0 amide bonds. The molecule has 82 valence electrons. The van der Waals surface area contributed by atoms with E-state index in [0.717, 1.165) is 22.4 Å². The van der Waals surface area contributed by atoms with E-state index in [0.29, 0.717) is 6.54 Å². The number of rotatable bonds is 3. The Hall–Kier alpha value is -1.80. The maximum atomic E-state index is 5.76. The number of nitrogens with two attached hydrogens (primary N) is 1. The number of hydrogen-bond acceptors (Lipinski definition) is 2. The minimum absolute atomic E-state index is 0.515. The molecule has 2 rings (SSSR count). The second-order valence-corrected chi connectivity index (χ2v) is 3.56. The van der Waals surface area contributed by atoms with Crippen LogP contribution in [0.4, 0.5) is 0 Å². The predicted molar refractivity (Wildman–Crippen MR) is 66.3 cm³/mol. The van der Waals surface area contributed by atoms with E-state index in [-0.39, 0.29) is 0 Å². The Morgan fingerprint density at radius 3 is 2.38 bits per heavy atom. The molecule has 0 fully saturated rings. The second-order valence-electron chi connectivity index (χ2n) is 3.56. The van der Waals surface area contributed by atoms with Crippen LogP contribution in [0, 0.1) is 0 Å². The molecule has 0 aliphatic heterocycles. The van der Waals surface area contributed by atoms with E-state index >= 15 is 0 Å². The van der Waals surface area contributed by atoms with E-state index in [2.05, 4.69) is 12.1 Å². The lowest BCUT2D eigenvalue weighted by atomic mass is 9.98. The molecule has 2 nitrogen and oxygen atoms in total. The van der Waals surface area contributed by atoms with Crippen LogP contribution in [0.1, 0.15) is 5.56 Å². The van der Waals surface area contributed by atoms with Crippen molar-refractivity contribution in [3.8, 4) is 16.9 Å². The van der Waals surface area contributed by atoms with Crippen LogP contribution in [0.25, 0.3) is 11.1 Å². The largest absolute Gasteiger partial charge is 0.496 e.